The quantitative estimate of drug-likeness (QED) is 0.823. The molecule has 0 radical (unpaired) electrons. The molecule has 84 valence electrons. The van der Waals surface area contributed by atoms with E-state index in [1.807, 2.05) is 0 Å². The number of rotatable bonds is 3. The van der Waals surface area contributed by atoms with Gasteiger partial charge in [-0.15, -0.1) is 11.3 Å². The second-order valence-electron chi connectivity index (χ2n) is 3.10. The Kier molecular flexibility index (Phi) is 2.91. The number of carbonyl (C=O) groups is 1. The molecule has 0 aliphatic carbocycles. The van der Waals surface area contributed by atoms with E-state index in [2.05, 4.69) is 9.72 Å². The molecule has 6 heteroatoms. The summed E-state index contributed by atoms with van der Waals surface area (Å²) >= 11 is 1.40. The first kappa shape index (κ1) is 10.7. The van der Waals surface area contributed by atoms with Crippen LogP contribution in [0.3, 0.4) is 0 Å². The van der Waals surface area contributed by atoms with Crippen LogP contribution in [0.2, 0.25) is 0 Å². The monoisotopic (exact) mass is 238 g/mol. The van der Waals surface area contributed by atoms with Crippen LogP contribution in [0.4, 0.5) is 5.13 Å². The lowest BCUT2D eigenvalue weighted by molar-refractivity contribution is 0.0563. The maximum absolute atomic E-state index is 11.1. The Morgan fingerprint density at radius 2 is 2.44 bits per heavy atom. The zero-order chi connectivity index (χ0) is 11.5. The number of nitrogens with two attached hydrogens (primary N) is 1. The summed E-state index contributed by atoms with van der Waals surface area (Å²) in [6, 6.07) is 3.33. The lowest BCUT2D eigenvalue weighted by atomic mass is 10.3. The van der Waals surface area contributed by atoms with Crippen molar-refractivity contribution in [2.45, 2.75) is 6.42 Å². The van der Waals surface area contributed by atoms with Crippen molar-refractivity contribution in [3.05, 3.63) is 34.7 Å². The Morgan fingerprint density at radius 1 is 1.62 bits per heavy atom. The second-order valence-corrected chi connectivity index (χ2v) is 4.25. The number of furan rings is 1. The SMILES string of the molecule is COC(=O)c1ccc(Cc2cnc(N)s2)o1. The fourth-order valence-electron chi connectivity index (χ4n) is 1.26. The zero-order valence-electron chi connectivity index (χ0n) is 8.60. The third kappa shape index (κ3) is 2.22. The van der Waals surface area contributed by atoms with Crippen LogP contribution in [-0.2, 0) is 11.2 Å². The number of aromatic nitrogens is 1. The first-order chi connectivity index (χ1) is 7.69. The van der Waals surface area contributed by atoms with Crippen LogP contribution in [0.1, 0.15) is 21.2 Å². The molecule has 0 saturated carbocycles. The van der Waals surface area contributed by atoms with Crippen molar-refractivity contribution < 1.29 is 13.9 Å². The Bertz CT molecular complexity index is 504. The number of carbonyl (C=O) groups excluding carboxylic acids is 1. The minimum atomic E-state index is -0.477. The highest BCUT2D eigenvalue weighted by atomic mass is 32.1. The van der Waals surface area contributed by atoms with E-state index in [9.17, 15) is 4.79 Å². The van der Waals surface area contributed by atoms with Gasteiger partial charge in [-0.2, -0.15) is 0 Å². The fourth-order valence-corrected chi connectivity index (χ4v) is 1.95. The summed E-state index contributed by atoms with van der Waals surface area (Å²) in [5.41, 5.74) is 5.51. The zero-order valence-corrected chi connectivity index (χ0v) is 9.41. The molecule has 2 heterocycles. The average Bonchev–Trinajstić information content (AvgIpc) is 2.87. The normalized spacial score (nSPS) is 10.3. The van der Waals surface area contributed by atoms with Gasteiger partial charge in [0.05, 0.1) is 7.11 Å². The molecule has 2 rings (SSSR count). The van der Waals surface area contributed by atoms with Gasteiger partial charge in [0.15, 0.2) is 5.13 Å². The molecule has 0 atom stereocenters. The van der Waals surface area contributed by atoms with Crippen molar-refractivity contribution >= 4 is 22.4 Å². The van der Waals surface area contributed by atoms with Gasteiger partial charge in [0.1, 0.15) is 5.76 Å². The van der Waals surface area contributed by atoms with Crippen molar-refractivity contribution in [2.24, 2.45) is 0 Å². The van der Waals surface area contributed by atoms with E-state index in [1.54, 1.807) is 18.3 Å². The van der Waals surface area contributed by atoms with Crippen LogP contribution < -0.4 is 5.73 Å². The maximum atomic E-state index is 11.1. The lowest BCUT2D eigenvalue weighted by Crippen LogP contribution is -1.98. The number of ether oxygens (including phenoxy) is 1. The summed E-state index contributed by atoms with van der Waals surface area (Å²) in [6.45, 7) is 0. The average molecular weight is 238 g/mol. The van der Waals surface area contributed by atoms with Crippen molar-refractivity contribution in [1.29, 1.82) is 0 Å². The third-order valence-electron chi connectivity index (χ3n) is 1.97. The smallest absolute Gasteiger partial charge is 0.373 e. The summed E-state index contributed by atoms with van der Waals surface area (Å²) in [4.78, 5) is 16.1. The van der Waals surface area contributed by atoms with E-state index >= 15 is 0 Å². The topological polar surface area (TPSA) is 78.3 Å². The van der Waals surface area contributed by atoms with Gasteiger partial charge in [-0.3, -0.25) is 0 Å². The molecular formula is C10H10N2O3S. The van der Waals surface area contributed by atoms with Crippen molar-refractivity contribution in [3.8, 4) is 0 Å². The van der Waals surface area contributed by atoms with Crippen molar-refractivity contribution in [2.75, 3.05) is 12.8 Å². The van der Waals surface area contributed by atoms with E-state index in [1.165, 1.54) is 18.4 Å². The Hall–Kier alpha value is -1.82. The molecule has 0 fully saturated rings. The number of thiazole rings is 1. The number of methoxy groups -OCH3 is 1. The van der Waals surface area contributed by atoms with Crippen LogP contribution in [0.15, 0.2) is 22.7 Å². The van der Waals surface area contributed by atoms with Crippen LogP contribution in [0, 0.1) is 0 Å². The van der Waals surface area contributed by atoms with Gasteiger partial charge in [0.2, 0.25) is 5.76 Å². The predicted molar refractivity (Wildman–Crippen MR) is 59.4 cm³/mol. The van der Waals surface area contributed by atoms with Gasteiger partial charge in [-0.25, -0.2) is 9.78 Å². The van der Waals surface area contributed by atoms with Gasteiger partial charge in [-0.1, -0.05) is 0 Å². The molecule has 0 bridgehead atoms. The summed E-state index contributed by atoms with van der Waals surface area (Å²) in [5.74, 6) is 0.411. The molecule has 0 aliphatic rings. The molecule has 2 N–H and O–H groups in total. The van der Waals surface area contributed by atoms with Crippen molar-refractivity contribution in [1.82, 2.24) is 4.98 Å². The molecule has 0 unspecified atom stereocenters. The van der Waals surface area contributed by atoms with Crippen LogP contribution in [-0.4, -0.2) is 18.1 Å². The molecule has 0 spiro atoms. The van der Waals surface area contributed by atoms with E-state index < -0.39 is 5.97 Å². The Labute approximate surface area is 95.9 Å². The maximum Gasteiger partial charge on any atom is 0.373 e. The summed E-state index contributed by atoms with van der Waals surface area (Å²) in [7, 11) is 1.31. The molecule has 0 amide bonds. The number of nitrogens with zero attached hydrogens (tertiary/aromatic N) is 1. The minimum Gasteiger partial charge on any atom is -0.463 e. The highest BCUT2D eigenvalue weighted by molar-refractivity contribution is 7.15. The molecule has 5 nitrogen and oxygen atoms in total. The van der Waals surface area contributed by atoms with Crippen LogP contribution >= 0.6 is 11.3 Å². The molecule has 16 heavy (non-hydrogen) atoms. The largest absolute Gasteiger partial charge is 0.463 e. The van der Waals surface area contributed by atoms with Gasteiger partial charge in [0.25, 0.3) is 0 Å². The fraction of sp³-hybridized carbons (Fsp3) is 0.200. The molecule has 0 aliphatic heterocycles. The van der Waals surface area contributed by atoms with E-state index in [-0.39, 0.29) is 5.76 Å². The number of esters is 1. The molecule has 0 saturated heterocycles. The number of nitrogen functional groups attached to an aromatic ring is 1. The first-order valence-corrected chi connectivity index (χ1v) is 5.38. The molecular weight excluding hydrogens is 228 g/mol. The van der Waals surface area contributed by atoms with Gasteiger partial charge in [0, 0.05) is 17.5 Å². The number of hydrogen-bond acceptors (Lipinski definition) is 6. The third-order valence-corrected chi connectivity index (χ3v) is 2.79. The summed E-state index contributed by atoms with van der Waals surface area (Å²) < 4.78 is 9.85. The minimum absolute atomic E-state index is 0.204. The van der Waals surface area contributed by atoms with E-state index in [4.69, 9.17) is 10.2 Å². The molecule has 0 aromatic carbocycles. The Balaban J connectivity index is 2.11. The molecule has 2 aromatic rings. The van der Waals surface area contributed by atoms with Crippen LogP contribution in [0.5, 0.6) is 0 Å². The second kappa shape index (κ2) is 4.36. The van der Waals surface area contributed by atoms with Crippen molar-refractivity contribution in [3.63, 3.8) is 0 Å². The van der Waals surface area contributed by atoms with E-state index in [0.717, 1.165) is 4.88 Å². The lowest BCUT2D eigenvalue weighted by Gasteiger charge is -1.94. The van der Waals surface area contributed by atoms with E-state index in [0.29, 0.717) is 17.3 Å². The molecule has 2 aromatic heterocycles. The van der Waals surface area contributed by atoms with Crippen LogP contribution in [0.25, 0.3) is 0 Å². The summed E-state index contributed by atoms with van der Waals surface area (Å²) in [6.07, 6.45) is 2.27. The predicted octanol–water partition coefficient (Wildman–Crippen LogP) is 1.70. The highest BCUT2D eigenvalue weighted by Gasteiger charge is 2.11. The summed E-state index contributed by atoms with van der Waals surface area (Å²) in [5, 5.41) is 0.523. The van der Waals surface area contributed by atoms with Gasteiger partial charge >= 0.3 is 5.97 Å². The van der Waals surface area contributed by atoms with Gasteiger partial charge in [-0.05, 0) is 12.1 Å². The first-order valence-electron chi connectivity index (χ1n) is 4.56. The standard InChI is InChI=1S/C10H10N2O3S/c1-14-9(13)8-3-2-6(15-8)4-7-5-12-10(11)16-7/h2-3,5H,4H2,1H3,(H2,11,12). The van der Waals surface area contributed by atoms with Gasteiger partial charge < -0.3 is 14.9 Å². The number of hydrogen-bond donors (Lipinski definition) is 1. The Morgan fingerprint density at radius 3 is 3.06 bits per heavy atom. The highest BCUT2D eigenvalue weighted by Crippen LogP contribution is 2.20. The number of anilines is 1.